The highest BCUT2D eigenvalue weighted by Crippen LogP contribution is 2.55. The summed E-state index contributed by atoms with van der Waals surface area (Å²) in [6.07, 6.45) is 0.995. The largest absolute Gasteiger partial charge is 0.466 e. The molecular weight excluding hydrogens is 456 g/mol. The number of amides is 1. The summed E-state index contributed by atoms with van der Waals surface area (Å²) < 4.78 is 21.2. The molecule has 35 heavy (non-hydrogen) atoms. The van der Waals surface area contributed by atoms with Crippen LogP contribution in [-0.4, -0.2) is 50.2 Å². The van der Waals surface area contributed by atoms with Gasteiger partial charge in [-0.3, -0.25) is 9.59 Å². The van der Waals surface area contributed by atoms with Gasteiger partial charge in [-0.25, -0.2) is 9.59 Å². The average molecular weight is 485 g/mol. The molecule has 1 aromatic rings. The van der Waals surface area contributed by atoms with Crippen molar-refractivity contribution in [1.82, 2.24) is 0 Å². The first-order valence-corrected chi connectivity index (χ1v) is 11.2. The smallest absolute Gasteiger partial charge is 0.341 e. The Morgan fingerprint density at radius 2 is 1.63 bits per heavy atom. The molecule has 1 spiro atoms. The molecule has 2 N–H and O–H groups in total. The summed E-state index contributed by atoms with van der Waals surface area (Å²) in [5.41, 5.74) is 4.19. The van der Waals surface area contributed by atoms with Gasteiger partial charge in [0.15, 0.2) is 0 Å². The first-order valence-electron chi connectivity index (χ1n) is 11.2. The fourth-order valence-corrected chi connectivity index (χ4v) is 4.40. The van der Waals surface area contributed by atoms with Crippen molar-refractivity contribution in [3.05, 3.63) is 65.3 Å². The highest BCUT2D eigenvalue weighted by Gasteiger charge is 2.64. The summed E-state index contributed by atoms with van der Waals surface area (Å²) >= 11 is 0. The molecule has 3 rings (SSSR count). The average Bonchev–Trinajstić information content (AvgIpc) is 3.03. The molecule has 10 nitrogen and oxygen atoms in total. The maximum atomic E-state index is 14.2. The minimum Gasteiger partial charge on any atom is -0.466 e. The Morgan fingerprint density at radius 3 is 2.23 bits per heavy atom. The van der Waals surface area contributed by atoms with Crippen LogP contribution in [0.15, 0.2) is 59.7 Å². The summed E-state index contributed by atoms with van der Waals surface area (Å²) in [5, 5.41) is 0. The zero-order chi connectivity index (χ0) is 25.8. The third-order valence-corrected chi connectivity index (χ3v) is 5.55. The molecule has 186 valence electrons. The third kappa shape index (κ3) is 4.16. The van der Waals surface area contributed by atoms with Crippen LogP contribution >= 0.6 is 0 Å². The van der Waals surface area contributed by atoms with Crippen molar-refractivity contribution >= 4 is 29.5 Å². The second-order valence-electron chi connectivity index (χ2n) is 7.53. The van der Waals surface area contributed by atoms with E-state index in [2.05, 4.69) is 6.58 Å². The number of carbonyl (C=O) groups is 4. The van der Waals surface area contributed by atoms with Gasteiger partial charge in [0.1, 0.15) is 28.7 Å². The van der Waals surface area contributed by atoms with Gasteiger partial charge in [0, 0.05) is 17.8 Å². The second-order valence-corrected chi connectivity index (χ2v) is 7.53. The number of ether oxygens (including phenoxy) is 4. The molecule has 0 bridgehead atoms. The fourth-order valence-electron chi connectivity index (χ4n) is 4.40. The SMILES string of the molecule is C=CCN1C(=O)[C@@]2(C(C(=O)OCC)=C(N)OC(CC(=O)OCC)=C2C(=O)OCC)c2ccccc21. The molecule has 1 amide bonds. The number of rotatable bonds is 9. The topological polar surface area (TPSA) is 134 Å². The van der Waals surface area contributed by atoms with Crippen molar-refractivity contribution in [3.8, 4) is 0 Å². The van der Waals surface area contributed by atoms with Crippen LogP contribution in [0.4, 0.5) is 5.69 Å². The number of nitrogens with zero attached hydrogens (tertiary/aromatic N) is 1. The first-order chi connectivity index (χ1) is 16.8. The van der Waals surface area contributed by atoms with Crippen LogP contribution < -0.4 is 10.6 Å². The predicted molar refractivity (Wildman–Crippen MR) is 125 cm³/mol. The van der Waals surface area contributed by atoms with Crippen LogP contribution in [0, 0.1) is 0 Å². The van der Waals surface area contributed by atoms with E-state index in [1.165, 1.54) is 11.0 Å². The Kier molecular flexibility index (Phi) is 7.63. The van der Waals surface area contributed by atoms with E-state index < -0.39 is 41.5 Å². The number of benzene rings is 1. The molecule has 0 unspecified atom stereocenters. The molecule has 0 fully saturated rings. The molecule has 1 aromatic carbocycles. The number of fused-ring (bicyclic) bond motifs is 2. The van der Waals surface area contributed by atoms with Gasteiger partial charge < -0.3 is 29.6 Å². The first kappa shape index (κ1) is 25.5. The summed E-state index contributed by atoms with van der Waals surface area (Å²) in [5.74, 6) is -3.95. The van der Waals surface area contributed by atoms with Gasteiger partial charge in [-0.1, -0.05) is 24.3 Å². The highest BCUT2D eigenvalue weighted by atomic mass is 16.6. The molecule has 0 aromatic heterocycles. The Bertz CT molecular complexity index is 1140. The Balaban J connectivity index is 2.44. The molecule has 0 radical (unpaired) electrons. The predicted octanol–water partition coefficient (Wildman–Crippen LogP) is 1.99. The van der Waals surface area contributed by atoms with Gasteiger partial charge in [-0.15, -0.1) is 6.58 Å². The molecule has 0 aliphatic carbocycles. The maximum absolute atomic E-state index is 14.2. The monoisotopic (exact) mass is 484 g/mol. The molecule has 0 saturated carbocycles. The van der Waals surface area contributed by atoms with E-state index >= 15 is 0 Å². The lowest BCUT2D eigenvalue weighted by Crippen LogP contribution is -2.51. The molecule has 1 atom stereocenters. The molecule has 2 heterocycles. The fraction of sp³-hybridized carbons (Fsp3) is 0.360. The second kappa shape index (κ2) is 10.5. The molecule has 2 aliphatic heterocycles. The van der Waals surface area contributed by atoms with Crippen LogP contribution in [0.2, 0.25) is 0 Å². The normalized spacial score (nSPS) is 18.8. The van der Waals surface area contributed by atoms with Gasteiger partial charge in [-0.05, 0) is 26.8 Å². The van der Waals surface area contributed by atoms with Crippen molar-refractivity contribution in [2.75, 3.05) is 31.3 Å². The van der Waals surface area contributed by atoms with Crippen molar-refractivity contribution in [2.24, 2.45) is 5.73 Å². The van der Waals surface area contributed by atoms with Crippen LogP contribution in [0.3, 0.4) is 0 Å². The lowest BCUT2D eigenvalue weighted by molar-refractivity contribution is -0.144. The zero-order valence-corrected chi connectivity index (χ0v) is 19.9. The lowest BCUT2D eigenvalue weighted by Gasteiger charge is -2.36. The summed E-state index contributed by atoms with van der Waals surface area (Å²) in [7, 11) is 0. The van der Waals surface area contributed by atoms with E-state index in [1.807, 2.05) is 0 Å². The van der Waals surface area contributed by atoms with Crippen molar-refractivity contribution in [2.45, 2.75) is 32.6 Å². The Hall–Kier alpha value is -4.08. The van der Waals surface area contributed by atoms with Crippen LogP contribution in [-0.2, 0) is 43.5 Å². The van der Waals surface area contributed by atoms with E-state index in [0.29, 0.717) is 11.3 Å². The van der Waals surface area contributed by atoms with Crippen LogP contribution in [0.1, 0.15) is 32.8 Å². The number of hydrogen-bond acceptors (Lipinski definition) is 9. The number of para-hydroxylation sites is 1. The van der Waals surface area contributed by atoms with E-state index in [1.54, 1.807) is 45.0 Å². The number of hydrogen-bond donors (Lipinski definition) is 1. The van der Waals surface area contributed by atoms with Crippen LogP contribution in [0.5, 0.6) is 0 Å². The minimum atomic E-state index is -2.07. The zero-order valence-electron chi connectivity index (χ0n) is 19.9. The van der Waals surface area contributed by atoms with Crippen molar-refractivity contribution in [3.63, 3.8) is 0 Å². The standard InChI is InChI=1S/C25H28N2O8/c1-5-13-27-16-12-10-9-11-15(16)25(24(27)31)19(22(29)33-7-3)17(14-18(28)32-6-2)35-21(26)20(25)23(30)34-8-4/h5,9-12H,1,6-8,13-14,26H2,2-4H3/t25-/m0/s1. The molecule has 2 aliphatic rings. The van der Waals surface area contributed by atoms with E-state index in [0.717, 1.165) is 0 Å². The summed E-state index contributed by atoms with van der Waals surface area (Å²) in [6.45, 7) is 8.62. The number of esters is 3. The molecular formula is C25H28N2O8. The quantitative estimate of drug-likeness (QED) is 0.317. The Morgan fingerprint density at radius 1 is 1.03 bits per heavy atom. The van der Waals surface area contributed by atoms with Crippen molar-refractivity contribution < 1.29 is 38.1 Å². The van der Waals surface area contributed by atoms with Gasteiger partial charge in [0.05, 0.1) is 19.8 Å². The minimum absolute atomic E-state index is 0.0218. The van der Waals surface area contributed by atoms with Gasteiger partial charge in [0.25, 0.3) is 0 Å². The molecule has 0 saturated heterocycles. The summed E-state index contributed by atoms with van der Waals surface area (Å²) in [6, 6.07) is 6.65. The maximum Gasteiger partial charge on any atom is 0.341 e. The van der Waals surface area contributed by atoms with Gasteiger partial charge in [0.2, 0.25) is 11.8 Å². The third-order valence-electron chi connectivity index (χ3n) is 5.55. The lowest BCUT2D eigenvalue weighted by atomic mass is 9.67. The van der Waals surface area contributed by atoms with Gasteiger partial charge in [-0.2, -0.15) is 0 Å². The van der Waals surface area contributed by atoms with Crippen molar-refractivity contribution in [1.29, 1.82) is 0 Å². The van der Waals surface area contributed by atoms with E-state index in [4.69, 9.17) is 24.7 Å². The highest BCUT2D eigenvalue weighted by molar-refractivity contribution is 6.22. The summed E-state index contributed by atoms with van der Waals surface area (Å²) in [4.78, 5) is 54.7. The number of carbonyl (C=O) groups excluding carboxylic acids is 4. The van der Waals surface area contributed by atoms with E-state index in [-0.39, 0.29) is 43.3 Å². The Labute approximate surface area is 202 Å². The van der Waals surface area contributed by atoms with Crippen LogP contribution in [0.25, 0.3) is 0 Å². The number of anilines is 1. The molecule has 10 heteroatoms. The number of nitrogens with two attached hydrogens (primary N) is 1. The van der Waals surface area contributed by atoms with Gasteiger partial charge >= 0.3 is 17.9 Å². The van der Waals surface area contributed by atoms with E-state index in [9.17, 15) is 19.2 Å².